The molecule has 4 aromatic heterocycles. The number of aryl methyl sites for hydroxylation is 2. The van der Waals surface area contributed by atoms with E-state index in [0.29, 0.717) is 6.54 Å². The summed E-state index contributed by atoms with van der Waals surface area (Å²) < 4.78 is 13.5. The molecular formula is C20H18FNS4. The average Bonchev–Trinajstić information content (AvgIpc) is 3.34. The fourth-order valence-corrected chi connectivity index (χ4v) is 7.44. The van der Waals surface area contributed by atoms with E-state index in [1.807, 2.05) is 29.6 Å². The van der Waals surface area contributed by atoms with E-state index in [0.717, 1.165) is 21.7 Å². The van der Waals surface area contributed by atoms with Gasteiger partial charge in [0.05, 0.1) is 4.88 Å². The molecule has 4 aromatic rings. The third-order valence-corrected chi connectivity index (χ3v) is 9.20. The lowest BCUT2D eigenvalue weighted by Gasteiger charge is -1.95. The molecular weight excluding hydrogens is 401 g/mol. The van der Waals surface area contributed by atoms with Gasteiger partial charge in [-0.25, -0.2) is 0 Å². The van der Waals surface area contributed by atoms with E-state index in [1.165, 1.54) is 41.3 Å². The molecule has 0 saturated carbocycles. The quantitative estimate of drug-likeness (QED) is 0.364. The summed E-state index contributed by atoms with van der Waals surface area (Å²) in [5.74, 6) is 0. The molecule has 0 bridgehead atoms. The second-order valence-electron chi connectivity index (χ2n) is 6.15. The van der Waals surface area contributed by atoms with Crippen molar-refractivity contribution in [2.24, 2.45) is 5.73 Å². The Morgan fingerprint density at radius 1 is 0.769 bits per heavy atom. The van der Waals surface area contributed by atoms with Gasteiger partial charge in [-0.05, 0) is 74.3 Å². The summed E-state index contributed by atoms with van der Waals surface area (Å²) in [5.41, 5.74) is 7.97. The summed E-state index contributed by atoms with van der Waals surface area (Å²) in [6.45, 7) is 4.83. The molecule has 0 saturated heterocycles. The maximum absolute atomic E-state index is 13.5. The molecule has 4 heterocycles. The molecule has 0 aliphatic rings. The Hall–Kier alpha value is -1.31. The molecule has 0 amide bonds. The molecule has 0 aliphatic heterocycles. The highest BCUT2D eigenvalue weighted by Gasteiger charge is 2.15. The lowest BCUT2D eigenvalue weighted by molar-refractivity contribution is 0.656. The highest BCUT2D eigenvalue weighted by molar-refractivity contribution is 7.28. The number of hydrogen-bond acceptors (Lipinski definition) is 5. The minimum Gasteiger partial charge on any atom is -0.330 e. The first-order valence-corrected chi connectivity index (χ1v) is 11.6. The zero-order valence-electron chi connectivity index (χ0n) is 14.5. The first-order valence-electron chi connectivity index (χ1n) is 8.31. The van der Waals surface area contributed by atoms with E-state index in [1.54, 1.807) is 17.4 Å². The van der Waals surface area contributed by atoms with Crippen LogP contribution < -0.4 is 5.73 Å². The normalized spacial score (nSPS) is 11.4. The Morgan fingerprint density at radius 2 is 1.42 bits per heavy atom. The van der Waals surface area contributed by atoms with Gasteiger partial charge in [0.15, 0.2) is 5.13 Å². The summed E-state index contributed by atoms with van der Waals surface area (Å²) in [7, 11) is 0. The van der Waals surface area contributed by atoms with E-state index in [-0.39, 0.29) is 5.13 Å². The minimum atomic E-state index is -0.118. The third-order valence-electron chi connectivity index (χ3n) is 4.15. The third kappa shape index (κ3) is 3.44. The Balaban J connectivity index is 1.66. The molecule has 0 atom stereocenters. The van der Waals surface area contributed by atoms with Crippen LogP contribution in [0.2, 0.25) is 0 Å². The smallest absolute Gasteiger partial charge is 0.177 e. The van der Waals surface area contributed by atoms with Crippen LogP contribution >= 0.6 is 45.3 Å². The highest BCUT2D eigenvalue weighted by Crippen LogP contribution is 2.45. The predicted octanol–water partition coefficient (Wildman–Crippen LogP) is 7.19. The van der Waals surface area contributed by atoms with Crippen molar-refractivity contribution in [1.82, 2.24) is 0 Å². The maximum atomic E-state index is 13.5. The number of halogens is 1. The van der Waals surface area contributed by atoms with Crippen molar-refractivity contribution in [3.8, 4) is 29.3 Å². The zero-order chi connectivity index (χ0) is 18.3. The molecule has 26 heavy (non-hydrogen) atoms. The fourth-order valence-electron chi connectivity index (χ4n) is 2.90. The van der Waals surface area contributed by atoms with Crippen LogP contribution in [-0.4, -0.2) is 6.54 Å². The van der Waals surface area contributed by atoms with Crippen molar-refractivity contribution in [1.29, 1.82) is 0 Å². The number of hydrogen-bond donors (Lipinski definition) is 1. The van der Waals surface area contributed by atoms with Crippen molar-refractivity contribution in [2.45, 2.75) is 20.3 Å². The van der Waals surface area contributed by atoms with Crippen LogP contribution in [0.5, 0.6) is 0 Å². The van der Waals surface area contributed by atoms with Gasteiger partial charge in [0, 0.05) is 29.3 Å². The maximum Gasteiger partial charge on any atom is 0.177 e. The van der Waals surface area contributed by atoms with Gasteiger partial charge in [0.25, 0.3) is 0 Å². The fraction of sp³-hybridized carbons (Fsp3) is 0.200. The molecule has 134 valence electrons. The largest absolute Gasteiger partial charge is 0.330 e. The molecule has 0 aromatic carbocycles. The highest BCUT2D eigenvalue weighted by atomic mass is 32.1. The molecule has 2 N–H and O–H groups in total. The van der Waals surface area contributed by atoms with Gasteiger partial charge in [-0.3, -0.25) is 0 Å². The summed E-state index contributed by atoms with van der Waals surface area (Å²) in [6, 6.07) is 12.5. The topological polar surface area (TPSA) is 26.0 Å². The predicted molar refractivity (Wildman–Crippen MR) is 116 cm³/mol. The average molecular weight is 420 g/mol. The standard InChI is InChI=1S/C20H18FNS4/c1-11-9-17(14-4-3-13(23-14)7-8-22)25-19(11)15-5-6-16(24-15)20-12(2)10-18(21)26-20/h3-6,9-10H,7-8,22H2,1-2H3. The number of nitrogens with two attached hydrogens (primary N) is 1. The Morgan fingerprint density at radius 3 is 2.08 bits per heavy atom. The molecule has 0 aliphatic carbocycles. The molecule has 0 fully saturated rings. The van der Waals surface area contributed by atoms with Crippen LogP contribution in [0.3, 0.4) is 0 Å². The summed E-state index contributed by atoms with van der Waals surface area (Å²) >= 11 is 6.63. The molecule has 0 unspecified atom stereocenters. The molecule has 0 radical (unpaired) electrons. The van der Waals surface area contributed by atoms with Gasteiger partial charge in [0.2, 0.25) is 0 Å². The lowest BCUT2D eigenvalue weighted by atomic mass is 10.2. The molecule has 1 nitrogen and oxygen atoms in total. The molecule has 0 spiro atoms. The second-order valence-corrected chi connectivity index (χ2v) is 10.5. The summed E-state index contributed by atoms with van der Waals surface area (Å²) in [5, 5.41) is -0.118. The van der Waals surface area contributed by atoms with E-state index in [2.05, 4.69) is 37.3 Å². The Kier molecular flexibility index (Phi) is 5.12. The van der Waals surface area contributed by atoms with Gasteiger partial charge in [0.1, 0.15) is 0 Å². The monoisotopic (exact) mass is 419 g/mol. The minimum absolute atomic E-state index is 0.118. The van der Waals surface area contributed by atoms with Crippen LogP contribution in [0, 0.1) is 19.0 Å². The van der Waals surface area contributed by atoms with Gasteiger partial charge in [-0.2, -0.15) is 4.39 Å². The summed E-state index contributed by atoms with van der Waals surface area (Å²) in [4.78, 5) is 8.68. The van der Waals surface area contributed by atoms with Crippen molar-refractivity contribution in [3.05, 3.63) is 57.5 Å². The number of rotatable bonds is 5. The van der Waals surface area contributed by atoms with Crippen molar-refractivity contribution < 1.29 is 4.39 Å². The van der Waals surface area contributed by atoms with Crippen LogP contribution in [0.25, 0.3) is 29.3 Å². The lowest BCUT2D eigenvalue weighted by Crippen LogP contribution is -2.00. The van der Waals surface area contributed by atoms with Gasteiger partial charge in [-0.1, -0.05) is 0 Å². The van der Waals surface area contributed by atoms with Crippen molar-refractivity contribution in [2.75, 3.05) is 6.54 Å². The second kappa shape index (κ2) is 7.37. The van der Waals surface area contributed by atoms with Gasteiger partial charge < -0.3 is 5.73 Å². The first kappa shape index (κ1) is 18.1. The number of thiophene rings is 4. The van der Waals surface area contributed by atoms with Crippen molar-refractivity contribution in [3.63, 3.8) is 0 Å². The van der Waals surface area contributed by atoms with Crippen LogP contribution in [0.1, 0.15) is 16.0 Å². The van der Waals surface area contributed by atoms with Crippen molar-refractivity contribution >= 4 is 45.3 Å². The van der Waals surface area contributed by atoms with Gasteiger partial charge in [-0.15, -0.1) is 45.3 Å². The van der Waals surface area contributed by atoms with E-state index < -0.39 is 0 Å². The van der Waals surface area contributed by atoms with E-state index in [9.17, 15) is 4.39 Å². The molecule has 4 rings (SSSR count). The van der Waals surface area contributed by atoms with Crippen LogP contribution in [0.15, 0.2) is 36.4 Å². The zero-order valence-corrected chi connectivity index (χ0v) is 17.7. The Bertz CT molecular complexity index is 1050. The SMILES string of the molecule is Cc1cc(F)sc1-c1ccc(-c2sc(-c3ccc(CCN)s3)cc2C)s1. The summed E-state index contributed by atoms with van der Waals surface area (Å²) in [6.07, 6.45) is 0.937. The first-order chi connectivity index (χ1) is 12.5. The van der Waals surface area contributed by atoms with Crippen LogP contribution in [-0.2, 0) is 6.42 Å². The van der Waals surface area contributed by atoms with E-state index in [4.69, 9.17) is 5.73 Å². The Labute approximate surface area is 168 Å². The van der Waals surface area contributed by atoms with E-state index >= 15 is 0 Å². The molecule has 6 heteroatoms. The van der Waals surface area contributed by atoms with Crippen LogP contribution in [0.4, 0.5) is 4.39 Å². The van der Waals surface area contributed by atoms with Gasteiger partial charge >= 0.3 is 0 Å².